The third-order valence-electron chi connectivity index (χ3n) is 7.07. The number of amides is 2. The second kappa shape index (κ2) is 12.1. The normalized spacial score (nSPS) is 12.6. The smallest absolute Gasteiger partial charge is 0.333 e. The second-order valence-electron chi connectivity index (χ2n) is 10.4. The van der Waals surface area contributed by atoms with Gasteiger partial charge < -0.3 is 10.4 Å². The Morgan fingerprint density at radius 3 is 2.38 bits per heavy atom. The van der Waals surface area contributed by atoms with Gasteiger partial charge in [0.1, 0.15) is 10.8 Å². The lowest BCUT2D eigenvalue weighted by atomic mass is 9.96. The van der Waals surface area contributed by atoms with Crippen LogP contribution >= 0.6 is 11.3 Å². The number of anilines is 2. The summed E-state index contributed by atoms with van der Waals surface area (Å²) in [6.45, 7) is 4.23. The van der Waals surface area contributed by atoms with Crippen molar-refractivity contribution in [1.82, 2.24) is 4.90 Å². The molecule has 0 saturated carbocycles. The van der Waals surface area contributed by atoms with Crippen molar-refractivity contribution >= 4 is 39.8 Å². The van der Waals surface area contributed by atoms with Crippen LogP contribution in [0.1, 0.15) is 39.5 Å². The Morgan fingerprint density at radius 1 is 1.02 bits per heavy atom. The molecule has 0 bridgehead atoms. The zero-order valence-corrected chi connectivity index (χ0v) is 24.3. The van der Waals surface area contributed by atoms with Crippen molar-refractivity contribution in [3.05, 3.63) is 118 Å². The first-order chi connectivity index (χ1) is 20.1. The Labute approximate surface area is 247 Å². The van der Waals surface area contributed by atoms with Crippen molar-refractivity contribution in [2.75, 3.05) is 17.3 Å². The second-order valence-corrected chi connectivity index (χ2v) is 11.4. The van der Waals surface area contributed by atoms with Crippen LogP contribution in [0.25, 0.3) is 10.4 Å². The van der Waals surface area contributed by atoms with Gasteiger partial charge in [0.25, 0.3) is 5.91 Å². The van der Waals surface area contributed by atoms with E-state index in [1.807, 2.05) is 61.6 Å². The molecule has 214 valence electrons. The van der Waals surface area contributed by atoms with E-state index < -0.39 is 17.7 Å². The number of halogens is 1. The first-order valence-electron chi connectivity index (χ1n) is 13.4. The number of aliphatic carboxylic acids is 1. The van der Waals surface area contributed by atoms with Gasteiger partial charge in [-0.2, -0.15) is 0 Å². The summed E-state index contributed by atoms with van der Waals surface area (Å²) < 4.78 is 14.4. The third kappa shape index (κ3) is 6.17. The highest BCUT2D eigenvalue weighted by atomic mass is 32.1. The Kier molecular flexibility index (Phi) is 8.33. The van der Waals surface area contributed by atoms with Crippen molar-refractivity contribution in [3.63, 3.8) is 0 Å². The number of carbonyl (C=O) groups is 3. The molecule has 0 unspecified atom stereocenters. The average Bonchev–Trinajstić information content (AvgIpc) is 3.32. The van der Waals surface area contributed by atoms with E-state index in [9.17, 15) is 23.9 Å². The molecule has 1 aliphatic heterocycles. The maximum Gasteiger partial charge on any atom is 0.333 e. The number of thiophene rings is 1. The van der Waals surface area contributed by atoms with E-state index in [0.29, 0.717) is 29.3 Å². The molecule has 2 heterocycles. The number of hydrogen-bond donors (Lipinski definition) is 2. The lowest BCUT2D eigenvalue weighted by Crippen LogP contribution is -2.30. The van der Waals surface area contributed by atoms with E-state index in [4.69, 9.17) is 0 Å². The molecule has 5 rings (SSSR count). The molecule has 0 aliphatic carbocycles. The molecule has 0 radical (unpaired) electrons. The van der Waals surface area contributed by atoms with Crippen molar-refractivity contribution in [1.29, 1.82) is 0 Å². The summed E-state index contributed by atoms with van der Waals surface area (Å²) >= 11 is 1.40. The van der Waals surface area contributed by atoms with Gasteiger partial charge in [0.15, 0.2) is 0 Å². The SMILES string of the molecule is CC(=O)Nc1ccc(-c2sc3c(c2CN(C)Cc2ccccc2)CC(C(=O)O)=CN3C(=O)c2ccc(C)c(F)c2)cc1. The molecule has 3 aromatic carbocycles. The van der Waals surface area contributed by atoms with Crippen LogP contribution in [0.15, 0.2) is 84.6 Å². The molecule has 0 spiro atoms. The molecule has 0 atom stereocenters. The molecule has 9 heteroatoms. The van der Waals surface area contributed by atoms with Gasteiger partial charge in [-0.1, -0.05) is 48.5 Å². The maximum absolute atomic E-state index is 14.4. The first-order valence-corrected chi connectivity index (χ1v) is 14.2. The molecular weight excluding hydrogens is 553 g/mol. The Balaban J connectivity index is 1.61. The molecule has 0 fully saturated rings. The van der Waals surface area contributed by atoms with Gasteiger partial charge in [0.2, 0.25) is 5.91 Å². The van der Waals surface area contributed by atoms with E-state index in [2.05, 4.69) is 10.2 Å². The average molecular weight is 584 g/mol. The highest BCUT2D eigenvalue weighted by molar-refractivity contribution is 7.20. The number of carbonyl (C=O) groups excluding carboxylic acids is 2. The van der Waals surface area contributed by atoms with Gasteiger partial charge in [-0.15, -0.1) is 11.3 Å². The summed E-state index contributed by atoms with van der Waals surface area (Å²) in [5, 5.41) is 13.4. The van der Waals surface area contributed by atoms with Gasteiger partial charge in [-0.05, 0) is 66.1 Å². The largest absolute Gasteiger partial charge is 0.478 e. The van der Waals surface area contributed by atoms with Gasteiger partial charge in [-0.25, -0.2) is 9.18 Å². The number of carboxylic acids is 1. The fraction of sp³-hybridized carbons (Fsp3) is 0.182. The number of carboxylic acid groups (broad SMARTS) is 1. The van der Waals surface area contributed by atoms with E-state index in [-0.39, 0.29) is 23.5 Å². The highest BCUT2D eigenvalue weighted by Crippen LogP contribution is 2.46. The molecule has 42 heavy (non-hydrogen) atoms. The molecule has 1 aromatic heterocycles. The minimum atomic E-state index is -1.12. The summed E-state index contributed by atoms with van der Waals surface area (Å²) in [4.78, 5) is 41.9. The molecule has 2 N–H and O–H groups in total. The minimum absolute atomic E-state index is 0.0701. The van der Waals surface area contributed by atoms with Crippen LogP contribution in [0.3, 0.4) is 0 Å². The van der Waals surface area contributed by atoms with Crippen LogP contribution < -0.4 is 10.2 Å². The van der Waals surface area contributed by atoms with E-state index >= 15 is 0 Å². The fourth-order valence-corrected chi connectivity index (χ4v) is 6.30. The molecule has 4 aromatic rings. The Morgan fingerprint density at radius 2 is 1.74 bits per heavy atom. The number of fused-ring (bicyclic) bond motifs is 1. The monoisotopic (exact) mass is 583 g/mol. The fourth-order valence-electron chi connectivity index (χ4n) is 4.99. The van der Waals surface area contributed by atoms with Gasteiger partial charge in [-0.3, -0.25) is 19.4 Å². The summed E-state index contributed by atoms with van der Waals surface area (Å²) in [7, 11) is 2.00. The van der Waals surface area contributed by atoms with Crippen LogP contribution in [-0.2, 0) is 29.1 Å². The van der Waals surface area contributed by atoms with Crippen molar-refractivity contribution in [2.24, 2.45) is 0 Å². The van der Waals surface area contributed by atoms with Crippen LogP contribution in [0.4, 0.5) is 15.1 Å². The topological polar surface area (TPSA) is 89.9 Å². The third-order valence-corrected chi connectivity index (χ3v) is 8.39. The quantitative estimate of drug-likeness (QED) is 0.243. The highest BCUT2D eigenvalue weighted by Gasteiger charge is 2.32. The number of benzene rings is 3. The summed E-state index contributed by atoms with van der Waals surface area (Å²) in [5.41, 5.74) is 4.94. The molecular formula is C33H30FN3O4S. The first kappa shape index (κ1) is 28.9. The zero-order valence-electron chi connectivity index (χ0n) is 23.5. The standard InChI is InChI=1S/C33H30FN3O4S/c1-20-9-10-24(16-29(20)34)31(39)37-18-25(33(40)41)15-27-28(19-36(3)17-22-7-5-4-6-8-22)30(42-32(27)37)23-11-13-26(14-12-23)35-21(2)38/h4-14,16,18H,15,17,19H2,1-3H3,(H,35,38)(H,40,41). The number of hydrogen-bond acceptors (Lipinski definition) is 5. The lowest BCUT2D eigenvalue weighted by Gasteiger charge is -2.25. The predicted octanol–water partition coefficient (Wildman–Crippen LogP) is 6.62. The summed E-state index contributed by atoms with van der Waals surface area (Å²) in [6.07, 6.45) is 1.49. The van der Waals surface area contributed by atoms with Crippen LogP contribution in [0.5, 0.6) is 0 Å². The van der Waals surface area contributed by atoms with E-state index in [1.165, 1.54) is 41.5 Å². The van der Waals surface area contributed by atoms with Crippen molar-refractivity contribution in [3.8, 4) is 10.4 Å². The van der Waals surface area contributed by atoms with Crippen molar-refractivity contribution in [2.45, 2.75) is 33.4 Å². The number of rotatable bonds is 8. The van der Waals surface area contributed by atoms with E-state index in [0.717, 1.165) is 27.1 Å². The summed E-state index contributed by atoms with van der Waals surface area (Å²) in [5.74, 6) is -2.31. The van der Waals surface area contributed by atoms with Gasteiger partial charge in [0, 0.05) is 48.8 Å². The van der Waals surface area contributed by atoms with Crippen molar-refractivity contribution < 1.29 is 23.9 Å². The van der Waals surface area contributed by atoms with Gasteiger partial charge >= 0.3 is 5.97 Å². The zero-order chi connectivity index (χ0) is 30.0. The Bertz CT molecular complexity index is 1700. The summed E-state index contributed by atoms with van der Waals surface area (Å²) in [6, 6.07) is 21.7. The molecule has 7 nitrogen and oxygen atoms in total. The van der Waals surface area contributed by atoms with Crippen LogP contribution in [0.2, 0.25) is 0 Å². The number of aryl methyl sites for hydroxylation is 1. The number of nitrogens with one attached hydrogen (secondary N) is 1. The molecule has 0 saturated heterocycles. The predicted molar refractivity (Wildman–Crippen MR) is 163 cm³/mol. The molecule has 2 amide bonds. The van der Waals surface area contributed by atoms with Gasteiger partial charge in [0.05, 0.1) is 5.57 Å². The van der Waals surface area contributed by atoms with Crippen LogP contribution in [-0.4, -0.2) is 34.8 Å². The molecule has 1 aliphatic rings. The maximum atomic E-state index is 14.4. The van der Waals surface area contributed by atoms with E-state index in [1.54, 1.807) is 13.0 Å². The minimum Gasteiger partial charge on any atom is -0.478 e. The lowest BCUT2D eigenvalue weighted by molar-refractivity contribution is -0.132. The number of nitrogens with zero attached hydrogens (tertiary/aromatic N) is 2. The Hall–Kier alpha value is -4.60. The van der Waals surface area contributed by atoms with Crippen LogP contribution in [0, 0.1) is 12.7 Å².